The summed E-state index contributed by atoms with van der Waals surface area (Å²) in [6, 6.07) is 12.3. The molecule has 1 amide bonds. The molecule has 1 unspecified atom stereocenters. The average molecular weight is 372 g/mol. The van der Waals surface area contributed by atoms with Crippen molar-refractivity contribution in [1.82, 2.24) is 5.32 Å². The molecular formula is C19H20N2O6. The molecule has 0 saturated carbocycles. The summed E-state index contributed by atoms with van der Waals surface area (Å²) in [6.07, 6.45) is -0.0319. The second-order valence-corrected chi connectivity index (χ2v) is 5.86. The monoisotopic (exact) mass is 372 g/mol. The molecule has 8 heteroatoms. The van der Waals surface area contributed by atoms with Crippen molar-refractivity contribution in [3.8, 4) is 5.75 Å². The minimum atomic E-state index is -0.538. The van der Waals surface area contributed by atoms with Crippen molar-refractivity contribution in [2.24, 2.45) is 0 Å². The summed E-state index contributed by atoms with van der Waals surface area (Å²) in [7, 11) is 1.42. The first-order chi connectivity index (χ1) is 12.9. The Hall–Kier alpha value is -3.42. The molecule has 2 aromatic carbocycles. The highest BCUT2D eigenvalue weighted by atomic mass is 16.6. The Morgan fingerprint density at radius 3 is 2.52 bits per heavy atom. The molecule has 0 heterocycles. The summed E-state index contributed by atoms with van der Waals surface area (Å²) < 4.78 is 10.3. The van der Waals surface area contributed by atoms with Crippen LogP contribution < -0.4 is 10.1 Å². The molecule has 0 radical (unpaired) electrons. The van der Waals surface area contributed by atoms with Gasteiger partial charge in [-0.25, -0.2) is 0 Å². The lowest BCUT2D eigenvalue weighted by atomic mass is 10.1. The molecule has 1 atom stereocenters. The van der Waals surface area contributed by atoms with E-state index in [9.17, 15) is 19.7 Å². The van der Waals surface area contributed by atoms with Gasteiger partial charge in [-0.3, -0.25) is 19.7 Å². The number of hydrogen-bond donors (Lipinski definition) is 1. The van der Waals surface area contributed by atoms with Crippen LogP contribution in [0.25, 0.3) is 0 Å². The van der Waals surface area contributed by atoms with Gasteiger partial charge in [0.1, 0.15) is 12.4 Å². The summed E-state index contributed by atoms with van der Waals surface area (Å²) in [5, 5.41) is 13.6. The number of benzene rings is 2. The summed E-state index contributed by atoms with van der Waals surface area (Å²) in [6.45, 7) is 1.53. The number of carbonyl (C=O) groups is 2. The maximum absolute atomic E-state index is 12.1. The van der Waals surface area contributed by atoms with E-state index in [-0.39, 0.29) is 24.6 Å². The number of esters is 1. The van der Waals surface area contributed by atoms with Gasteiger partial charge in [0.2, 0.25) is 0 Å². The number of nitrogens with one attached hydrogen (secondary N) is 1. The number of hydrogen-bond acceptors (Lipinski definition) is 6. The van der Waals surface area contributed by atoms with Crippen LogP contribution >= 0.6 is 0 Å². The zero-order chi connectivity index (χ0) is 19.8. The highest BCUT2D eigenvalue weighted by Gasteiger charge is 2.16. The number of carbonyl (C=O) groups excluding carboxylic acids is 2. The van der Waals surface area contributed by atoms with Crippen LogP contribution in [-0.2, 0) is 16.1 Å². The van der Waals surface area contributed by atoms with Gasteiger partial charge in [0.25, 0.3) is 11.6 Å². The summed E-state index contributed by atoms with van der Waals surface area (Å²) in [5.74, 6) is -0.431. The van der Waals surface area contributed by atoms with Crippen molar-refractivity contribution in [2.45, 2.75) is 26.0 Å². The minimum absolute atomic E-state index is 0.0319. The Kier molecular flexibility index (Phi) is 6.87. The molecule has 0 spiro atoms. The van der Waals surface area contributed by atoms with E-state index in [1.54, 1.807) is 37.3 Å². The lowest BCUT2D eigenvalue weighted by Gasteiger charge is -2.14. The molecule has 8 nitrogen and oxygen atoms in total. The Morgan fingerprint density at radius 2 is 1.89 bits per heavy atom. The maximum Gasteiger partial charge on any atom is 0.308 e. The molecule has 0 aliphatic heterocycles. The molecular weight excluding hydrogens is 352 g/mol. The summed E-state index contributed by atoms with van der Waals surface area (Å²) in [4.78, 5) is 34.4. The Balaban J connectivity index is 1.89. The highest BCUT2D eigenvalue weighted by molar-refractivity contribution is 5.94. The van der Waals surface area contributed by atoms with Gasteiger partial charge >= 0.3 is 5.97 Å². The predicted octanol–water partition coefficient (Wildman–Crippen LogP) is 2.86. The zero-order valence-electron chi connectivity index (χ0n) is 15.0. The van der Waals surface area contributed by atoms with E-state index in [1.807, 2.05) is 0 Å². The summed E-state index contributed by atoms with van der Waals surface area (Å²) >= 11 is 0. The van der Waals surface area contributed by atoms with Crippen LogP contribution in [0.4, 0.5) is 5.69 Å². The molecule has 0 fully saturated rings. The second-order valence-electron chi connectivity index (χ2n) is 5.86. The molecule has 0 bridgehead atoms. The first-order valence-electron chi connectivity index (χ1n) is 8.23. The molecule has 27 heavy (non-hydrogen) atoms. The van der Waals surface area contributed by atoms with Gasteiger partial charge in [-0.05, 0) is 25.1 Å². The third-order valence-electron chi connectivity index (χ3n) is 3.75. The van der Waals surface area contributed by atoms with Crippen molar-refractivity contribution < 1.29 is 24.0 Å². The number of non-ortho nitro benzene ring substituents is 1. The van der Waals surface area contributed by atoms with Crippen molar-refractivity contribution in [3.63, 3.8) is 0 Å². The normalized spacial score (nSPS) is 11.3. The van der Waals surface area contributed by atoms with Crippen LogP contribution in [0.2, 0.25) is 0 Å². The van der Waals surface area contributed by atoms with E-state index < -0.39 is 16.9 Å². The van der Waals surface area contributed by atoms with Crippen LogP contribution in [0.1, 0.15) is 29.3 Å². The molecule has 1 N–H and O–H groups in total. The van der Waals surface area contributed by atoms with Crippen molar-refractivity contribution >= 4 is 17.6 Å². The number of nitro benzene ring substituents is 1. The lowest BCUT2D eigenvalue weighted by molar-refractivity contribution is -0.385. The van der Waals surface area contributed by atoms with E-state index in [0.29, 0.717) is 16.9 Å². The van der Waals surface area contributed by atoms with Gasteiger partial charge in [-0.15, -0.1) is 0 Å². The molecule has 0 aliphatic carbocycles. The van der Waals surface area contributed by atoms with E-state index in [1.165, 1.54) is 25.3 Å². The zero-order valence-corrected chi connectivity index (χ0v) is 15.0. The van der Waals surface area contributed by atoms with Crippen LogP contribution in [0.15, 0.2) is 48.5 Å². The molecule has 142 valence electrons. The quantitative estimate of drug-likeness (QED) is 0.434. The van der Waals surface area contributed by atoms with Crippen LogP contribution in [0.3, 0.4) is 0 Å². The van der Waals surface area contributed by atoms with E-state index in [0.717, 1.165) is 0 Å². The Labute approximate surface area is 156 Å². The standard InChI is InChI=1S/C19H20N2O6/c1-13(20-19(23)14-6-4-3-5-7-14)10-18(22)27-12-15-11-16(21(24)25)8-9-17(15)26-2/h3-9,11,13H,10,12H2,1-2H3,(H,20,23). The predicted molar refractivity (Wildman–Crippen MR) is 97.4 cm³/mol. The summed E-state index contributed by atoms with van der Waals surface area (Å²) in [5.41, 5.74) is 0.769. The highest BCUT2D eigenvalue weighted by Crippen LogP contribution is 2.24. The van der Waals surface area contributed by atoms with Crippen LogP contribution in [0, 0.1) is 10.1 Å². The number of methoxy groups -OCH3 is 1. The molecule has 0 aromatic heterocycles. The second kappa shape index (κ2) is 9.33. The average Bonchev–Trinajstić information content (AvgIpc) is 2.66. The molecule has 0 saturated heterocycles. The van der Waals surface area contributed by atoms with Gasteiger partial charge in [0.05, 0.1) is 18.5 Å². The van der Waals surface area contributed by atoms with Crippen LogP contribution in [0.5, 0.6) is 5.75 Å². The maximum atomic E-state index is 12.1. The molecule has 2 rings (SSSR count). The number of nitrogens with zero attached hydrogens (tertiary/aromatic N) is 1. The minimum Gasteiger partial charge on any atom is -0.496 e. The van der Waals surface area contributed by atoms with E-state index in [2.05, 4.69) is 5.32 Å². The van der Waals surface area contributed by atoms with Gasteiger partial charge in [0, 0.05) is 29.3 Å². The fourth-order valence-corrected chi connectivity index (χ4v) is 2.41. The van der Waals surface area contributed by atoms with Gasteiger partial charge in [-0.2, -0.15) is 0 Å². The molecule has 0 aliphatic rings. The fraction of sp³-hybridized carbons (Fsp3) is 0.263. The topological polar surface area (TPSA) is 108 Å². The number of nitro groups is 1. The number of rotatable bonds is 8. The lowest BCUT2D eigenvalue weighted by Crippen LogP contribution is -2.34. The van der Waals surface area contributed by atoms with Crippen molar-refractivity contribution in [3.05, 3.63) is 69.8 Å². The van der Waals surface area contributed by atoms with E-state index >= 15 is 0 Å². The third-order valence-corrected chi connectivity index (χ3v) is 3.75. The first kappa shape index (κ1) is 19.9. The first-order valence-corrected chi connectivity index (χ1v) is 8.23. The fourth-order valence-electron chi connectivity index (χ4n) is 2.41. The Bertz CT molecular complexity index is 822. The third kappa shape index (κ3) is 5.81. The van der Waals surface area contributed by atoms with Gasteiger partial charge < -0.3 is 14.8 Å². The molecule has 2 aromatic rings. The smallest absolute Gasteiger partial charge is 0.308 e. The Morgan fingerprint density at radius 1 is 1.19 bits per heavy atom. The van der Waals surface area contributed by atoms with Gasteiger partial charge in [0.15, 0.2) is 0 Å². The van der Waals surface area contributed by atoms with E-state index in [4.69, 9.17) is 9.47 Å². The largest absolute Gasteiger partial charge is 0.496 e. The van der Waals surface area contributed by atoms with Crippen molar-refractivity contribution in [1.29, 1.82) is 0 Å². The number of ether oxygens (including phenoxy) is 2. The van der Waals surface area contributed by atoms with Crippen molar-refractivity contribution in [2.75, 3.05) is 7.11 Å². The van der Waals surface area contributed by atoms with Crippen LogP contribution in [-0.4, -0.2) is 30.0 Å². The SMILES string of the molecule is COc1ccc([N+](=O)[O-])cc1COC(=O)CC(C)NC(=O)c1ccccc1. The number of amides is 1. The van der Waals surface area contributed by atoms with Gasteiger partial charge in [-0.1, -0.05) is 18.2 Å².